The molecule has 1 unspecified atom stereocenters. The van der Waals surface area contributed by atoms with Crippen LogP contribution in [0.25, 0.3) is 0 Å². The average molecular weight is 253 g/mol. The molecular formula is C2BIN2O2P+. The van der Waals surface area contributed by atoms with Crippen LogP contribution < -0.4 is 0 Å². The first-order valence-electron chi connectivity index (χ1n) is 1.74. The molecule has 0 saturated carbocycles. The van der Waals surface area contributed by atoms with E-state index in [1.807, 2.05) is 22.0 Å². The number of hydrogen-bond acceptors (Lipinski definition) is 3. The molecule has 0 radical (unpaired) electrons. The van der Waals surface area contributed by atoms with Crippen LogP contribution in [-0.4, -0.2) is 18.9 Å². The van der Waals surface area contributed by atoms with Crippen molar-refractivity contribution < 1.29 is 9.59 Å². The van der Waals surface area contributed by atoms with Crippen LogP contribution in [-0.2, 0) is 9.59 Å². The van der Waals surface area contributed by atoms with E-state index in [4.69, 9.17) is 0 Å². The van der Waals surface area contributed by atoms with Crippen LogP contribution >= 0.6 is 27.2 Å². The van der Waals surface area contributed by atoms with Gasteiger partial charge in [0.2, 0.25) is 0 Å². The van der Waals surface area contributed by atoms with E-state index in [-0.39, 0.29) is 0 Å². The van der Waals surface area contributed by atoms with Crippen molar-refractivity contribution in [3.8, 4) is 0 Å². The van der Waals surface area contributed by atoms with Crippen LogP contribution in [0.4, 0.5) is 0 Å². The van der Waals surface area contributed by atoms with Crippen LogP contribution in [0.5, 0.6) is 0 Å². The van der Waals surface area contributed by atoms with Gasteiger partial charge in [-0.2, -0.15) is 0 Å². The Labute approximate surface area is 65.6 Å². The van der Waals surface area contributed by atoms with Crippen molar-refractivity contribution in [2.24, 2.45) is 9.67 Å². The van der Waals surface area contributed by atoms with Gasteiger partial charge >= 0.3 is 65.4 Å². The molecule has 7 heteroatoms. The van der Waals surface area contributed by atoms with E-state index >= 15 is 0 Å². The van der Waals surface area contributed by atoms with E-state index in [2.05, 4.69) is 9.67 Å². The predicted molar refractivity (Wildman–Crippen MR) is 42.9 cm³/mol. The molecule has 1 atom stereocenters. The van der Waals surface area contributed by atoms with Gasteiger partial charge in [0.25, 0.3) is 0 Å². The molecule has 0 aliphatic carbocycles. The van der Waals surface area contributed by atoms with Crippen LogP contribution in [0.2, 0.25) is 0 Å². The van der Waals surface area contributed by atoms with Gasteiger partial charge in [-0.15, -0.1) is 0 Å². The molecule has 0 fully saturated rings. The first-order valence-corrected chi connectivity index (χ1v) is 5.89. The monoisotopic (exact) mass is 253 g/mol. The molecule has 0 N–H and O–H groups in total. The second kappa shape index (κ2) is 5.98. The Hall–Kier alpha value is -0.145. The van der Waals surface area contributed by atoms with E-state index < -0.39 is 5.21 Å². The zero-order valence-corrected chi connectivity index (χ0v) is 7.17. The van der Waals surface area contributed by atoms with Crippen molar-refractivity contribution in [1.82, 2.24) is 0 Å². The zero-order valence-electron chi connectivity index (χ0n) is 4.11. The van der Waals surface area contributed by atoms with E-state index in [0.29, 0.717) is 0 Å². The quantitative estimate of drug-likeness (QED) is 0.241. The molecule has 4 nitrogen and oxygen atoms in total. The summed E-state index contributed by atoms with van der Waals surface area (Å²) in [7, 11) is 0. The fourth-order valence-electron chi connectivity index (χ4n) is 0.136. The Morgan fingerprint density at radius 3 is 2.56 bits per heavy atom. The molecule has 0 rings (SSSR count). The Morgan fingerprint density at radius 1 is 1.44 bits per heavy atom. The number of isocyanates is 2. The summed E-state index contributed by atoms with van der Waals surface area (Å²) in [6.45, 7) is 1.26. The van der Waals surface area contributed by atoms with Crippen molar-refractivity contribution in [2.45, 2.75) is 0 Å². The normalized spacial score (nSPS) is 8.33. The summed E-state index contributed by atoms with van der Waals surface area (Å²) < 4.78 is 3.28. The van der Waals surface area contributed by atoms with Gasteiger partial charge in [-0.3, -0.25) is 0 Å². The number of halogens is 1. The fraction of sp³-hybridized carbons (Fsp3) is 0. The molecule has 0 heterocycles. The SMILES string of the molecule is O=C=NB=[P+](I)N=C=O. The summed E-state index contributed by atoms with van der Waals surface area (Å²) in [5.41, 5.74) is 0. The van der Waals surface area contributed by atoms with E-state index in [1.165, 1.54) is 18.9 Å². The summed E-state index contributed by atoms with van der Waals surface area (Å²) in [6.07, 6.45) is 2.65. The van der Waals surface area contributed by atoms with Crippen molar-refractivity contribution in [3.05, 3.63) is 0 Å². The van der Waals surface area contributed by atoms with Gasteiger partial charge in [-0.25, -0.2) is 0 Å². The second-order valence-corrected chi connectivity index (χ2v) is 4.79. The Bertz CT molecular complexity index is 217. The van der Waals surface area contributed by atoms with Crippen molar-refractivity contribution in [3.63, 3.8) is 0 Å². The molecule has 0 aliphatic heterocycles. The second-order valence-electron chi connectivity index (χ2n) is 0.816. The third-order valence-corrected chi connectivity index (χ3v) is 2.32. The summed E-state index contributed by atoms with van der Waals surface area (Å²) in [4.78, 5) is 22.1. The zero-order chi connectivity index (χ0) is 7.11. The Kier molecular flexibility index (Phi) is 5.89. The third kappa shape index (κ3) is 5.73. The molecule has 0 amide bonds. The topological polar surface area (TPSA) is 58.9 Å². The summed E-state index contributed by atoms with van der Waals surface area (Å²) in [5, 5.41) is -0.969. The van der Waals surface area contributed by atoms with Gasteiger partial charge in [-0.05, 0) is 0 Å². The number of hydrogen-bond donors (Lipinski definition) is 0. The first kappa shape index (κ1) is 8.85. The Balaban J connectivity index is 4.15. The molecule has 0 aromatic carbocycles. The predicted octanol–water partition coefficient (Wildman–Crippen LogP) is 0.939. The van der Waals surface area contributed by atoms with E-state index in [0.717, 1.165) is 0 Å². The summed E-state index contributed by atoms with van der Waals surface area (Å²) in [6, 6.07) is 0. The van der Waals surface area contributed by atoms with Gasteiger partial charge in [0, 0.05) is 0 Å². The van der Waals surface area contributed by atoms with E-state index in [1.54, 1.807) is 0 Å². The van der Waals surface area contributed by atoms with Gasteiger partial charge < -0.3 is 0 Å². The maximum atomic E-state index is 9.54. The van der Waals surface area contributed by atoms with Gasteiger partial charge in [0.05, 0.1) is 0 Å². The molecular weight excluding hydrogens is 253 g/mol. The van der Waals surface area contributed by atoms with Gasteiger partial charge in [-0.1, -0.05) is 0 Å². The standard InChI is InChI=1S/C2BIN2O2P/c4-9(6-2-8)3-5-1-7/q+1. The summed E-state index contributed by atoms with van der Waals surface area (Å²) >= 11 is 1.87. The van der Waals surface area contributed by atoms with Crippen molar-refractivity contribution >= 4 is 46.2 Å². The fourth-order valence-corrected chi connectivity index (χ4v) is 1.05. The third-order valence-electron chi connectivity index (χ3n) is 0.342. The molecule has 0 aliphatic rings. The molecule has 44 valence electrons. The minimum atomic E-state index is -0.969. The van der Waals surface area contributed by atoms with Crippen molar-refractivity contribution in [1.29, 1.82) is 0 Å². The van der Waals surface area contributed by atoms with Crippen LogP contribution in [0.3, 0.4) is 0 Å². The number of rotatable bonds is 2. The van der Waals surface area contributed by atoms with Crippen LogP contribution in [0.1, 0.15) is 0 Å². The van der Waals surface area contributed by atoms with Crippen molar-refractivity contribution in [2.75, 3.05) is 0 Å². The molecule has 0 aromatic heterocycles. The number of carbonyl (C=O) groups excluding carboxylic acids is 2. The first-order chi connectivity index (χ1) is 4.31. The van der Waals surface area contributed by atoms with Crippen LogP contribution in [0.15, 0.2) is 9.67 Å². The Morgan fingerprint density at radius 2 is 2.11 bits per heavy atom. The summed E-state index contributed by atoms with van der Waals surface area (Å²) in [5.74, 6) is 0. The van der Waals surface area contributed by atoms with Gasteiger partial charge in [0.15, 0.2) is 0 Å². The molecule has 0 bridgehead atoms. The molecule has 0 aromatic rings. The van der Waals surface area contributed by atoms with Gasteiger partial charge in [0.1, 0.15) is 0 Å². The van der Waals surface area contributed by atoms with Crippen LogP contribution in [0, 0.1) is 0 Å². The minimum absolute atomic E-state index is 0.969. The molecule has 9 heavy (non-hydrogen) atoms. The molecule has 0 saturated heterocycles. The average Bonchev–Trinajstić information content (AvgIpc) is 1.85. The maximum absolute atomic E-state index is 9.54. The number of nitrogens with zero attached hydrogens (tertiary/aromatic N) is 2. The molecule has 0 spiro atoms. The van der Waals surface area contributed by atoms with E-state index in [9.17, 15) is 9.59 Å².